The average Bonchev–Trinajstić information content (AvgIpc) is 2.37. The largest absolute Gasteiger partial charge is 1.00 e. The Morgan fingerprint density at radius 1 is 1.00 bits per heavy atom. The van der Waals surface area contributed by atoms with Gasteiger partial charge in [-0.05, 0) is 41.3 Å². The second-order valence-corrected chi connectivity index (χ2v) is 6.13. The second kappa shape index (κ2) is 8.03. The quantitative estimate of drug-likeness (QED) is 0.458. The van der Waals surface area contributed by atoms with Crippen LogP contribution in [0.1, 0.15) is 31.7 Å². The van der Waals surface area contributed by atoms with Crippen LogP contribution in [0.25, 0.3) is 10.8 Å². The smallest absolute Gasteiger partial charge is 0.744 e. The minimum absolute atomic E-state index is 0. The van der Waals surface area contributed by atoms with Gasteiger partial charge in [-0.1, -0.05) is 44.0 Å². The molecule has 2 rings (SSSR count). The molecule has 0 aliphatic heterocycles. The molecule has 0 radical (unpaired) electrons. The van der Waals surface area contributed by atoms with Gasteiger partial charge in [0.1, 0.15) is 10.1 Å². The van der Waals surface area contributed by atoms with E-state index in [0.717, 1.165) is 23.6 Å². The SMILES string of the molecule is CCCCCc1ccc2ccc(S(=O)(=O)[O-])cc2c1.[K+]. The van der Waals surface area contributed by atoms with E-state index in [2.05, 4.69) is 13.0 Å². The number of benzene rings is 2. The maximum absolute atomic E-state index is 11.0. The summed E-state index contributed by atoms with van der Waals surface area (Å²) in [5.74, 6) is 0. The summed E-state index contributed by atoms with van der Waals surface area (Å²) in [4.78, 5) is -0.161. The molecule has 102 valence electrons. The van der Waals surface area contributed by atoms with Gasteiger partial charge in [-0.15, -0.1) is 0 Å². The van der Waals surface area contributed by atoms with Crippen molar-refractivity contribution in [2.24, 2.45) is 0 Å². The van der Waals surface area contributed by atoms with E-state index in [1.165, 1.54) is 30.5 Å². The molecule has 0 aliphatic rings. The van der Waals surface area contributed by atoms with Gasteiger partial charge < -0.3 is 4.55 Å². The Morgan fingerprint density at radius 3 is 2.35 bits per heavy atom. The monoisotopic (exact) mass is 316 g/mol. The molecule has 0 amide bonds. The van der Waals surface area contributed by atoms with E-state index in [9.17, 15) is 13.0 Å². The Balaban J connectivity index is 0.00000200. The standard InChI is InChI=1S/C15H18O3S.K/c1-2-3-4-5-12-6-7-13-8-9-15(19(16,17)18)11-14(13)10-12;/h6-11H,2-5H2,1H3,(H,16,17,18);/q;+1/p-1. The van der Waals surface area contributed by atoms with Crippen molar-refractivity contribution in [3.05, 3.63) is 42.0 Å². The summed E-state index contributed by atoms with van der Waals surface area (Å²) in [6, 6.07) is 10.5. The van der Waals surface area contributed by atoms with Gasteiger partial charge in [0.25, 0.3) is 0 Å². The molecule has 0 atom stereocenters. The Kier molecular flexibility index (Phi) is 7.35. The Bertz CT molecular complexity index is 681. The normalized spacial score (nSPS) is 11.3. The van der Waals surface area contributed by atoms with Crippen LogP contribution in [-0.4, -0.2) is 13.0 Å². The number of hydrogen-bond donors (Lipinski definition) is 0. The summed E-state index contributed by atoms with van der Waals surface area (Å²) >= 11 is 0. The third-order valence-electron chi connectivity index (χ3n) is 3.23. The molecule has 3 nitrogen and oxygen atoms in total. The Morgan fingerprint density at radius 2 is 1.70 bits per heavy atom. The third-order valence-corrected chi connectivity index (χ3v) is 4.07. The minimum Gasteiger partial charge on any atom is -0.744 e. The Labute approximate surface area is 162 Å². The summed E-state index contributed by atoms with van der Waals surface area (Å²) in [5.41, 5.74) is 1.18. The molecule has 0 saturated heterocycles. The molecule has 0 bridgehead atoms. The summed E-state index contributed by atoms with van der Waals surface area (Å²) in [6.45, 7) is 2.16. The third kappa shape index (κ3) is 4.91. The van der Waals surface area contributed by atoms with Crippen LogP contribution in [0.2, 0.25) is 0 Å². The van der Waals surface area contributed by atoms with Gasteiger partial charge in [-0.3, -0.25) is 0 Å². The van der Waals surface area contributed by atoms with Crippen LogP contribution in [0, 0.1) is 0 Å². The van der Waals surface area contributed by atoms with E-state index in [1.807, 2.05) is 12.1 Å². The molecule has 0 aromatic heterocycles. The topological polar surface area (TPSA) is 57.2 Å². The van der Waals surface area contributed by atoms with Crippen LogP contribution in [-0.2, 0) is 16.5 Å². The first-order valence-electron chi connectivity index (χ1n) is 6.49. The molecule has 0 heterocycles. The molecule has 0 saturated carbocycles. The van der Waals surface area contributed by atoms with E-state index < -0.39 is 10.1 Å². The second-order valence-electron chi connectivity index (χ2n) is 4.75. The number of unbranched alkanes of at least 4 members (excludes halogenated alkanes) is 2. The van der Waals surface area contributed by atoms with Gasteiger partial charge in [0.2, 0.25) is 0 Å². The van der Waals surface area contributed by atoms with Gasteiger partial charge >= 0.3 is 51.4 Å². The summed E-state index contributed by atoms with van der Waals surface area (Å²) in [5, 5.41) is 1.76. The van der Waals surface area contributed by atoms with Crippen molar-refractivity contribution in [1.29, 1.82) is 0 Å². The van der Waals surface area contributed by atoms with Crippen molar-refractivity contribution in [2.75, 3.05) is 0 Å². The van der Waals surface area contributed by atoms with Crippen LogP contribution in [0.5, 0.6) is 0 Å². The maximum Gasteiger partial charge on any atom is 1.00 e. The fraction of sp³-hybridized carbons (Fsp3) is 0.333. The number of aryl methyl sites for hydroxylation is 1. The molecular weight excluding hydrogens is 299 g/mol. The zero-order valence-electron chi connectivity index (χ0n) is 11.9. The first-order valence-corrected chi connectivity index (χ1v) is 7.90. The van der Waals surface area contributed by atoms with E-state index in [-0.39, 0.29) is 56.3 Å². The van der Waals surface area contributed by atoms with Crippen molar-refractivity contribution in [3.63, 3.8) is 0 Å². The van der Waals surface area contributed by atoms with E-state index in [0.29, 0.717) is 0 Å². The molecule has 0 spiro atoms. The summed E-state index contributed by atoms with van der Waals surface area (Å²) in [6.07, 6.45) is 4.47. The van der Waals surface area contributed by atoms with Crippen LogP contribution in [0.4, 0.5) is 0 Å². The van der Waals surface area contributed by atoms with Crippen molar-refractivity contribution >= 4 is 20.9 Å². The van der Waals surface area contributed by atoms with Gasteiger partial charge in [-0.25, -0.2) is 8.42 Å². The number of rotatable bonds is 5. The van der Waals surface area contributed by atoms with Gasteiger partial charge in [-0.2, -0.15) is 0 Å². The van der Waals surface area contributed by atoms with E-state index in [1.54, 1.807) is 6.07 Å². The first kappa shape index (κ1) is 18.3. The van der Waals surface area contributed by atoms with E-state index in [4.69, 9.17) is 0 Å². The fourth-order valence-corrected chi connectivity index (χ4v) is 2.67. The van der Waals surface area contributed by atoms with Crippen molar-refractivity contribution in [1.82, 2.24) is 0 Å². The number of fused-ring (bicyclic) bond motifs is 1. The van der Waals surface area contributed by atoms with E-state index >= 15 is 0 Å². The average molecular weight is 316 g/mol. The molecule has 2 aromatic carbocycles. The summed E-state index contributed by atoms with van der Waals surface area (Å²) in [7, 11) is -4.38. The maximum atomic E-state index is 11.0. The molecular formula is C15H17KO3S. The van der Waals surface area contributed by atoms with Crippen LogP contribution < -0.4 is 51.4 Å². The summed E-state index contributed by atoms with van der Waals surface area (Å²) < 4.78 is 33.1. The van der Waals surface area contributed by atoms with Crippen molar-refractivity contribution in [2.45, 2.75) is 37.5 Å². The van der Waals surface area contributed by atoms with Crippen molar-refractivity contribution in [3.8, 4) is 0 Å². The van der Waals surface area contributed by atoms with Crippen LogP contribution in [0.15, 0.2) is 41.3 Å². The predicted molar refractivity (Wildman–Crippen MR) is 75.1 cm³/mol. The zero-order valence-corrected chi connectivity index (χ0v) is 15.9. The zero-order chi connectivity index (χ0) is 13.9. The Hall–Kier alpha value is 0.246. The van der Waals surface area contributed by atoms with Crippen molar-refractivity contribution < 1.29 is 64.4 Å². The molecule has 5 heteroatoms. The predicted octanol–water partition coefficient (Wildman–Crippen LogP) is 0.481. The van der Waals surface area contributed by atoms with Gasteiger partial charge in [0.15, 0.2) is 0 Å². The minimum atomic E-state index is -4.38. The molecule has 20 heavy (non-hydrogen) atoms. The van der Waals surface area contributed by atoms with Gasteiger partial charge in [0.05, 0.1) is 4.90 Å². The molecule has 0 fully saturated rings. The van der Waals surface area contributed by atoms with Crippen LogP contribution in [0.3, 0.4) is 0 Å². The molecule has 2 aromatic rings. The number of hydrogen-bond acceptors (Lipinski definition) is 3. The molecule has 0 unspecified atom stereocenters. The molecule has 0 aliphatic carbocycles. The first-order chi connectivity index (χ1) is 9.00. The molecule has 0 N–H and O–H groups in total. The van der Waals surface area contributed by atoms with Gasteiger partial charge in [0, 0.05) is 0 Å². The van der Waals surface area contributed by atoms with Crippen LogP contribution >= 0.6 is 0 Å². The fourth-order valence-electron chi connectivity index (χ4n) is 2.16.